The van der Waals surface area contributed by atoms with Gasteiger partial charge in [-0.2, -0.15) is 0 Å². The van der Waals surface area contributed by atoms with E-state index in [1.807, 2.05) is 0 Å². The van der Waals surface area contributed by atoms with Crippen LogP contribution in [0.3, 0.4) is 0 Å². The van der Waals surface area contributed by atoms with Crippen LogP contribution in [0, 0.1) is 0 Å². The Balaban J connectivity index is 1.79. The Kier molecular flexibility index (Phi) is 8.16. The second-order valence-electron chi connectivity index (χ2n) is 10.5. The molecule has 0 unspecified atom stereocenters. The molecule has 4 nitrogen and oxygen atoms in total. The van der Waals surface area contributed by atoms with Gasteiger partial charge in [0, 0.05) is 74.1 Å². The van der Waals surface area contributed by atoms with Crippen LogP contribution in [0.1, 0.15) is 18.1 Å². The SMILES string of the molecule is CCNc1ccccc1-c1c(Cc2ccccc2)cc(-c2ccc(N(C)C)cc2)nc1-c1ccc(N(C)C)cc1. The number of benzene rings is 4. The number of pyridine rings is 1. The maximum Gasteiger partial charge on any atom is 0.0791 e. The lowest BCUT2D eigenvalue weighted by atomic mass is 9.89. The van der Waals surface area contributed by atoms with E-state index in [1.54, 1.807) is 0 Å². The van der Waals surface area contributed by atoms with Crippen LogP contribution in [0.4, 0.5) is 17.1 Å². The molecule has 0 bridgehead atoms. The number of nitrogens with one attached hydrogen (secondary N) is 1. The molecule has 0 saturated carbocycles. The van der Waals surface area contributed by atoms with Crippen LogP contribution in [0.15, 0.2) is 109 Å². The van der Waals surface area contributed by atoms with Gasteiger partial charge in [0.1, 0.15) is 0 Å². The van der Waals surface area contributed by atoms with Gasteiger partial charge in [-0.05, 0) is 60.9 Å². The lowest BCUT2D eigenvalue weighted by Gasteiger charge is -2.21. The molecule has 0 radical (unpaired) electrons. The Labute approximate surface area is 239 Å². The van der Waals surface area contributed by atoms with Gasteiger partial charge < -0.3 is 15.1 Å². The fraction of sp³-hybridized carbons (Fsp3) is 0.194. The molecule has 0 aliphatic rings. The van der Waals surface area contributed by atoms with E-state index in [0.717, 1.165) is 41.2 Å². The summed E-state index contributed by atoms with van der Waals surface area (Å²) in [6, 6.07) is 39.0. The fourth-order valence-corrected chi connectivity index (χ4v) is 5.10. The molecule has 202 valence electrons. The van der Waals surface area contributed by atoms with Crippen LogP contribution >= 0.6 is 0 Å². The smallest absolute Gasteiger partial charge is 0.0791 e. The quantitative estimate of drug-likeness (QED) is 0.210. The molecular weight excluding hydrogens is 488 g/mol. The third kappa shape index (κ3) is 5.86. The minimum atomic E-state index is 0.810. The average molecular weight is 527 g/mol. The van der Waals surface area contributed by atoms with Crippen molar-refractivity contribution < 1.29 is 0 Å². The minimum absolute atomic E-state index is 0.810. The molecule has 4 heteroatoms. The monoisotopic (exact) mass is 526 g/mol. The van der Waals surface area contributed by atoms with Crippen molar-refractivity contribution in [3.05, 3.63) is 120 Å². The molecule has 0 atom stereocenters. The van der Waals surface area contributed by atoms with E-state index in [-0.39, 0.29) is 0 Å². The average Bonchev–Trinajstić information content (AvgIpc) is 2.98. The third-order valence-electron chi connectivity index (χ3n) is 7.24. The molecule has 0 saturated heterocycles. The molecule has 1 heterocycles. The van der Waals surface area contributed by atoms with Gasteiger partial charge in [-0.25, -0.2) is 4.98 Å². The highest BCUT2D eigenvalue weighted by molar-refractivity contribution is 5.91. The van der Waals surface area contributed by atoms with Crippen molar-refractivity contribution in [2.24, 2.45) is 0 Å². The van der Waals surface area contributed by atoms with Crippen molar-refractivity contribution in [1.82, 2.24) is 4.98 Å². The topological polar surface area (TPSA) is 31.4 Å². The molecule has 1 N–H and O–H groups in total. The maximum atomic E-state index is 5.39. The van der Waals surface area contributed by atoms with E-state index in [1.165, 1.54) is 33.6 Å². The summed E-state index contributed by atoms with van der Waals surface area (Å²) in [5.41, 5.74) is 12.5. The summed E-state index contributed by atoms with van der Waals surface area (Å²) in [5, 5.41) is 3.59. The molecular formula is C36H38N4. The van der Waals surface area contributed by atoms with Crippen LogP contribution in [-0.2, 0) is 6.42 Å². The van der Waals surface area contributed by atoms with E-state index in [2.05, 4.69) is 159 Å². The van der Waals surface area contributed by atoms with Crippen molar-refractivity contribution in [2.45, 2.75) is 13.3 Å². The highest BCUT2D eigenvalue weighted by Gasteiger charge is 2.20. The predicted molar refractivity (Wildman–Crippen MR) is 173 cm³/mol. The molecule has 0 spiro atoms. The van der Waals surface area contributed by atoms with Gasteiger partial charge in [-0.3, -0.25) is 0 Å². The highest BCUT2D eigenvalue weighted by Crippen LogP contribution is 2.41. The first-order valence-electron chi connectivity index (χ1n) is 13.9. The summed E-state index contributed by atoms with van der Waals surface area (Å²) in [6.45, 7) is 2.99. The number of nitrogens with zero attached hydrogens (tertiary/aromatic N) is 3. The number of anilines is 3. The van der Waals surface area contributed by atoms with Crippen molar-refractivity contribution >= 4 is 17.1 Å². The number of hydrogen-bond acceptors (Lipinski definition) is 4. The van der Waals surface area contributed by atoms with Gasteiger partial charge >= 0.3 is 0 Å². The van der Waals surface area contributed by atoms with Crippen molar-refractivity contribution in [2.75, 3.05) is 49.9 Å². The number of para-hydroxylation sites is 1. The van der Waals surface area contributed by atoms with E-state index in [4.69, 9.17) is 4.98 Å². The van der Waals surface area contributed by atoms with Crippen molar-refractivity contribution in [3.8, 4) is 33.6 Å². The summed E-state index contributed by atoms with van der Waals surface area (Å²) >= 11 is 0. The molecule has 1 aromatic heterocycles. The van der Waals surface area contributed by atoms with Gasteiger partial charge in [0.2, 0.25) is 0 Å². The Morgan fingerprint density at radius 3 is 1.82 bits per heavy atom. The molecule has 0 aliphatic heterocycles. The lowest BCUT2D eigenvalue weighted by molar-refractivity contribution is 1.13. The zero-order valence-electron chi connectivity index (χ0n) is 24.1. The third-order valence-corrected chi connectivity index (χ3v) is 7.24. The molecule has 0 aliphatic carbocycles. The van der Waals surface area contributed by atoms with Gasteiger partial charge in [0.25, 0.3) is 0 Å². The Morgan fingerprint density at radius 1 is 0.650 bits per heavy atom. The molecule has 0 fully saturated rings. The molecule has 4 aromatic carbocycles. The second-order valence-corrected chi connectivity index (χ2v) is 10.5. The molecule has 0 amide bonds. The highest BCUT2D eigenvalue weighted by atomic mass is 15.1. The van der Waals surface area contributed by atoms with Gasteiger partial charge in [0.15, 0.2) is 0 Å². The zero-order chi connectivity index (χ0) is 28.1. The summed E-state index contributed by atoms with van der Waals surface area (Å²) in [4.78, 5) is 9.64. The van der Waals surface area contributed by atoms with Gasteiger partial charge in [-0.15, -0.1) is 0 Å². The number of hydrogen-bond donors (Lipinski definition) is 1. The van der Waals surface area contributed by atoms with Crippen LogP contribution in [-0.4, -0.2) is 39.7 Å². The van der Waals surface area contributed by atoms with Gasteiger partial charge in [-0.1, -0.05) is 72.8 Å². The first kappa shape index (κ1) is 27.0. The molecule has 40 heavy (non-hydrogen) atoms. The zero-order valence-corrected chi connectivity index (χ0v) is 24.1. The van der Waals surface area contributed by atoms with Crippen molar-refractivity contribution in [1.29, 1.82) is 0 Å². The first-order chi connectivity index (χ1) is 19.4. The summed E-state index contributed by atoms with van der Waals surface area (Å²) < 4.78 is 0. The second kappa shape index (κ2) is 12.1. The van der Waals surface area contributed by atoms with E-state index >= 15 is 0 Å². The number of aromatic nitrogens is 1. The minimum Gasteiger partial charge on any atom is -0.385 e. The fourth-order valence-electron chi connectivity index (χ4n) is 5.10. The predicted octanol–water partition coefficient (Wildman–Crippen LogP) is 8.24. The van der Waals surface area contributed by atoms with Crippen LogP contribution in [0.5, 0.6) is 0 Å². The Bertz CT molecular complexity index is 1550. The van der Waals surface area contributed by atoms with E-state index < -0.39 is 0 Å². The van der Waals surface area contributed by atoms with E-state index in [9.17, 15) is 0 Å². The first-order valence-corrected chi connectivity index (χ1v) is 13.9. The van der Waals surface area contributed by atoms with Crippen LogP contribution in [0.25, 0.3) is 33.6 Å². The lowest BCUT2D eigenvalue weighted by Crippen LogP contribution is -2.08. The van der Waals surface area contributed by atoms with E-state index in [0.29, 0.717) is 0 Å². The maximum absolute atomic E-state index is 5.39. The Hall–Kier alpha value is -4.57. The Morgan fingerprint density at radius 2 is 1.23 bits per heavy atom. The summed E-state index contributed by atoms with van der Waals surface area (Å²) in [5.74, 6) is 0. The van der Waals surface area contributed by atoms with Crippen LogP contribution < -0.4 is 15.1 Å². The molecule has 5 rings (SSSR count). The summed E-state index contributed by atoms with van der Waals surface area (Å²) in [6.07, 6.45) is 0.810. The summed E-state index contributed by atoms with van der Waals surface area (Å²) in [7, 11) is 8.28. The molecule has 5 aromatic rings. The van der Waals surface area contributed by atoms with Gasteiger partial charge in [0.05, 0.1) is 11.4 Å². The standard InChI is InChI=1S/C36H38N4/c1-6-37-33-15-11-10-14-32(33)35-29(24-26-12-8-7-9-13-26)25-34(27-16-20-30(21-17-27)39(2)3)38-36(35)28-18-22-31(23-19-28)40(4)5/h7-23,25,37H,6,24H2,1-5H3. The van der Waals surface area contributed by atoms with Crippen molar-refractivity contribution in [3.63, 3.8) is 0 Å². The number of rotatable bonds is 9. The normalized spacial score (nSPS) is 10.8. The van der Waals surface area contributed by atoms with Crippen LogP contribution in [0.2, 0.25) is 0 Å². The largest absolute Gasteiger partial charge is 0.385 e.